The molecule has 1 aliphatic rings. The van der Waals surface area contributed by atoms with Gasteiger partial charge < -0.3 is 14.6 Å². The van der Waals surface area contributed by atoms with E-state index in [1.807, 2.05) is 36.4 Å². The van der Waals surface area contributed by atoms with Crippen molar-refractivity contribution in [3.63, 3.8) is 0 Å². The average Bonchev–Trinajstić information content (AvgIpc) is 3.64. The van der Waals surface area contributed by atoms with E-state index in [1.165, 1.54) is 67.3 Å². The third-order valence-electron chi connectivity index (χ3n) is 7.35. The highest BCUT2D eigenvalue weighted by atomic mass is 32.2. The Labute approximate surface area is 264 Å². The van der Waals surface area contributed by atoms with E-state index in [2.05, 4.69) is 16.3 Å². The van der Waals surface area contributed by atoms with E-state index in [1.54, 1.807) is 6.07 Å². The first-order valence-corrected chi connectivity index (χ1v) is 15.3. The minimum absolute atomic E-state index is 0.146. The van der Waals surface area contributed by atoms with Crippen LogP contribution in [0.2, 0.25) is 0 Å². The number of carbonyl (C=O) groups is 2. The zero-order valence-electron chi connectivity index (χ0n) is 23.9. The number of amides is 1. The van der Waals surface area contributed by atoms with Gasteiger partial charge in [-0.15, -0.1) is 10.2 Å². The van der Waals surface area contributed by atoms with Crippen molar-refractivity contribution in [2.45, 2.75) is 16.1 Å². The molecule has 0 aliphatic carbocycles. The van der Waals surface area contributed by atoms with Crippen LogP contribution in [0.1, 0.15) is 22.7 Å². The highest BCUT2D eigenvalue weighted by Crippen LogP contribution is 2.45. The molecule has 11 nitrogen and oxygen atoms in total. The highest BCUT2D eigenvalue weighted by molar-refractivity contribution is 8.00. The van der Waals surface area contributed by atoms with Gasteiger partial charge in [-0.3, -0.25) is 24.6 Å². The van der Waals surface area contributed by atoms with E-state index in [0.29, 0.717) is 27.2 Å². The molecule has 1 saturated heterocycles. The Kier molecular flexibility index (Phi) is 8.20. The molecule has 0 radical (unpaired) electrons. The second kappa shape index (κ2) is 12.4. The first-order chi connectivity index (χ1) is 21.8. The molecule has 0 bridgehead atoms. The summed E-state index contributed by atoms with van der Waals surface area (Å²) in [5, 5.41) is 33.7. The highest BCUT2D eigenvalue weighted by Gasteiger charge is 2.48. The zero-order chi connectivity index (χ0) is 31.7. The number of rotatable bonds is 9. The molecule has 4 aromatic carbocycles. The van der Waals surface area contributed by atoms with Crippen molar-refractivity contribution in [3.8, 4) is 11.5 Å². The van der Waals surface area contributed by atoms with Crippen molar-refractivity contribution >= 4 is 62.1 Å². The lowest BCUT2D eigenvalue weighted by atomic mass is 9.95. The third-order valence-corrected chi connectivity index (χ3v) is 9.46. The Morgan fingerprint density at radius 1 is 0.978 bits per heavy atom. The van der Waals surface area contributed by atoms with Crippen LogP contribution in [0.5, 0.6) is 11.5 Å². The van der Waals surface area contributed by atoms with Gasteiger partial charge in [-0.05, 0) is 52.2 Å². The number of non-ortho nitro benzene ring substituents is 1. The van der Waals surface area contributed by atoms with E-state index in [4.69, 9.17) is 9.47 Å². The molecule has 13 heteroatoms. The van der Waals surface area contributed by atoms with E-state index >= 15 is 0 Å². The number of fused-ring (bicyclic) bond motifs is 1. The number of hydrogen-bond acceptors (Lipinski definition) is 11. The lowest BCUT2D eigenvalue weighted by Crippen LogP contribution is -2.29. The second-order valence-corrected chi connectivity index (χ2v) is 12.0. The molecule has 2 heterocycles. The maximum atomic E-state index is 13.6. The fourth-order valence-corrected chi connectivity index (χ4v) is 7.05. The average molecular weight is 641 g/mol. The number of thioether (sulfide) groups is 1. The van der Waals surface area contributed by atoms with E-state index in [-0.39, 0.29) is 22.0 Å². The topological polar surface area (TPSA) is 145 Å². The second-order valence-electron chi connectivity index (χ2n) is 9.86. The maximum Gasteiger partial charge on any atom is 0.301 e. The van der Waals surface area contributed by atoms with Crippen molar-refractivity contribution in [3.05, 3.63) is 117 Å². The Bertz CT molecular complexity index is 1990. The summed E-state index contributed by atoms with van der Waals surface area (Å²) < 4.78 is 11.2. The zero-order valence-corrected chi connectivity index (χ0v) is 25.5. The summed E-state index contributed by atoms with van der Waals surface area (Å²) in [6, 6.07) is 23.0. The van der Waals surface area contributed by atoms with E-state index in [0.717, 1.165) is 27.7 Å². The standard InChI is InChI=1S/C32H24N4O7S2/c1-42-24-15-12-20(16-25(24)43-2)28(37)26-27(19-10-13-22(14-11-19)36(40)41)35(30(39)29(26)38)31-33-34-32(45-31)44-17-21-8-5-7-18-6-3-4-9-23(18)21/h3-16,27,37H,17H2,1-2H3. The number of Topliss-reactive ketones (excluding diaryl/α,β-unsaturated/α-hetero) is 1. The maximum absolute atomic E-state index is 13.6. The number of hydrogen-bond donors (Lipinski definition) is 1. The fourth-order valence-electron chi connectivity index (χ4n) is 5.18. The monoisotopic (exact) mass is 640 g/mol. The summed E-state index contributed by atoms with van der Waals surface area (Å²) in [6.45, 7) is 0. The van der Waals surface area contributed by atoms with Crippen molar-refractivity contribution in [1.29, 1.82) is 0 Å². The Hall–Kier alpha value is -5.27. The van der Waals surface area contributed by atoms with Gasteiger partial charge in [-0.1, -0.05) is 65.6 Å². The van der Waals surface area contributed by atoms with Crippen molar-refractivity contribution in [2.75, 3.05) is 19.1 Å². The van der Waals surface area contributed by atoms with Crippen molar-refractivity contribution in [2.24, 2.45) is 0 Å². The lowest BCUT2D eigenvalue weighted by Gasteiger charge is -2.22. The quantitative estimate of drug-likeness (QED) is 0.0359. The fraction of sp³-hybridized carbons (Fsp3) is 0.125. The third kappa shape index (κ3) is 5.58. The van der Waals surface area contributed by atoms with Gasteiger partial charge in [0.1, 0.15) is 5.76 Å². The normalized spacial score (nSPS) is 15.9. The molecule has 1 fully saturated rings. The largest absolute Gasteiger partial charge is 0.507 e. The number of aliphatic hydroxyl groups is 1. The van der Waals surface area contributed by atoms with Gasteiger partial charge in [0.25, 0.3) is 11.5 Å². The van der Waals surface area contributed by atoms with Crippen LogP contribution in [0.3, 0.4) is 0 Å². The number of carbonyl (C=O) groups excluding carboxylic acids is 2. The van der Waals surface area contributed by atoms with Crippen LogP contribution >= 0.6 is 23.1 Å². The number of aromatic nitrogens is 2. The first kappa shape index (κ1) is 29.8. The predicted molar refractivity (Wildman–Crippen MR) is 171 cm³/mol. The number of nitrogens with zero attached hydrogens (tertiary/aromatic N) is 4. The van der Waals surface area contributed by atoms with Gasteiger partial charge in [0.2, 0.25) is 5.13 Å². The molecule has 1 N–H and O–H groups in total. The molecule has 5 aromatic rings. The van der Waals surface area contributed by atoms with Crippen LogP contribution in [0.15, 0.2) is 94.8 Å². The van der Waals surface area contributed by atoms with Crippen molar-refractivity contribution in [1.82, 2.24) is 10.2 Å². The van der Waals surface area contributed by atoms with Crippen LogP contribution < -0.4 is 14.4 Å². The molecule has 1 atom stereocenters. The first-order valence-electron chi connectivity index (χ1n) is 13.5. The van der Waals surface area contributed by atoms with Gasteiger partial charge in [0, 0.05) is 23.4 Å². The molecular weight excluding hydrogens is 617 g/mol. The number of nitro benzene ring substituents is 1. The molecule has 1 unspecified atom stereocenters. The molecule has 45 heavy (non-hydrogen) atoms. The number of ether oxygens (including phenoxy) is 2. The molecule has 1 amide bonds. The van der Waals surface area contributed by atoms with Crippen molar-refractivity contribution < 1.29 is 29.1 Å². The number of ketones is 1. The van der Waals surface area contributed by atoms with Gasteiger partial charge in [0.05, 0.1) is 30.8 Å². The smallest absolute Gasteiger partial charge is 0.301 e. The van der Waals surface area contributed by atoms with Gasteiger partial charge >= 0.3 is 5.91 Å². The summed E-state index contributed by atoms with van der Waals surface area (Å²) in [4.78, 5) is 39.1. The van der Waals surface area contributed by atoms with Gasteiger partial charge in [0.15, 0.2) is 15.8 Å². The summed E-state index contributed by atoms with van der Waals surface area (Å²) in [7, 11) is 2.90. The molecule has 226 valence electrons. The van der Waals surface area contributed by atoms with Crippen LogP contribution in [0.4, 0.5) is 10.8 Å². The lowest BCUT2D eigenvalue weighted by molar-refractivity contribution is -0.384. The summed E-state index contributed by atoms with van der Waals surface area (Å²) in [5.41, 5.74) is 1.30. The van der Waals surface area contributed by atoms with Gasteiger partial charge in [-0.25, -0.2) is 0 Å². The summed E-state index contributed by atoms with van der Waals surface area (Å²) in [6.07, 6.45) is 0. The predicted octanol–water partition coefficient (Wildman–Crippen LogP) is 6.54. The van der Waals surface area contributed by atoms with Crippen LogP contribution in [-0.4, -0.2) is 46.1 Å². The number of benzene rings is 4. The number of nitro groups is 1. The van der Waals surface area contributed by atoms with E-state index < -0.39 is 28.4 Å². The minimum atomic E-state index is -1.14. The van der Waals surface area contributed by atoms with E-state index in [9.17, 15) is 24.8 Å². The van der Waals surface area contributed by atoms with Crippen LogP contribution in [-0.2, 0) is 15.3 Å². The molecule has 0 spiro atoms. The van der Waals surface area contributed by atoms with Crippen LogP contribution in [0, 0.1) is 10.1 Å². The Morgan fingerprint density at radius 2 is 1.71 bits per heavy atom. The Balaban J connectivity index is 1.39. The molecule has 1 aliphatic heterocycles. The molecule has 6 rings (SSSR count). The molecule has 1 aromatic heterocycles. The Morgan fingerprint density at radius 3 is 2.44 bits per heavy atom. The SMILES string of the molecule is COc1ccc(C(O)=C2C(=O)C(=O)N(c3nnc(SCc4cccc5ccccc45)s3)C2c2ccc([N+](=O)[O-])cc2)cc1OC. The number of aliphatic hydroxyl groups excluding tert-OH is 1. The minimum Gasteiger partial charge on any atom is -0.507 e. The number of methoxy groups -OCH3 is 2. The molecule has 0 saturated carbocycles. The number of anilines is 1. The summed E-state index contributed by atoms with van der Waals surface area (Å²) in [5.74, 6) is -0.994. The summed E-state index contributed by atoms with van der Waals surface area (Å²) >= 11 is 2.58. The van der Waals surface area contributed by atoms with Crippen LogP contribution in [0.25, 0.3) is 16.5 Å². The molecular formula is C32H24N4O7S2. The van der Waals surface area contributed by atoms with Gasteiger partial charge in [-0.2, -0.15) is 0 Å².